The highest BCUT2D eigenvalue weighted by molar-refractivity contribution is 5.96. The molecule has 0 N–H and O–H groups in total. The van der Waals surface area contributed by atoms with Gasteiger partial charge in [-0.15, -0.1) is 0 Å². The fourth-order valence-electron chi connectivity index (χ4n) is 1.73. The van der Waals surface area contributed by atoms with Gasteiger partial charge in [0, 0.05) is 18.0 Å². The Hall–Kier alpha value is -2.50. The van der Waals surface area contributed by atoms with Crippen LogP contribution >= 0.6 is 0 Å². The van der Waals surface area contributed by atoms with Crippen LogP contribution in [0, 0.1) is 0 Å². The topological polar surface area (TPSA) is 62.6 Å². The molecule has 1 aromatic carbocycles. The molecule has 0 saturated carbocycles. The molecule has 0 spiro atoms. The smallest absolute Gasteiger partial charge is 0.278 e. The van der Waals surface area contributed by atoms with E-state index >= 15 is 0 Å². The van der Waals surface area contributed by atoms with Gasteiger partial charge in [-0.1, -0.05) is 0 Å². The maximum atomic E-state index is 12.2. The summed E-state index contributed by atoms with van der Waals surface area (Å²) in [7, 11) is 4.51. The lowest BCUT2D eigenvalue weighted by Crippen LogP contribution is -2.13. The summed E-state index contributed by atoms with van der Waals surface area (Å²) in [5.74, 6) is 1.03. The third kappa shape index (κ3) is 2.37. The van der Waals surface area contributed by atoms with Crippen LogP contribution in [0.2, 0.25) is 0 Å². The Morgan fingerprint density at radius 3 is 2.16 bits per heavy atom. The number of aromatic nitrogens is 2. The standard InChI is InChI=1S/C13H14N2O4/c1-17-10-7-9(8-11(18-2)12(10)19-3)13(16)15-6-4-5-14-15/h4-8H,1-3H3. The Morgan fingerprint density at radius 1 is 1.11 bits per heavy atom. The largest absolute Gasteiger partial charge is 0.493 e. The van der Waals surface area contributed by atoms with E-state index in [0.29, 0.717) is 22.8 Å². The van der Waals surface area contributed by atoms with Gasteiger partial charge in [-0.25, -0.2) is 4.68 Å². The van der Waals surface area contributed by atoms with Gasteiger partial charge in [-0.3, -0.25) is 4.79 Å². The normalized spacial score (nSPS) is 10.1. The Balaban J connectivity index is 2.50. The maximum absolute atomic E-state index is 12.2. The number of rotatable bonds is 4. The summed E-state index contributed by atoms with van der Waals surface area (Å²) in [6, 6.07) is 4.85. The first kappa shape index (κ1) is 12.9. The van der Waals surface area contributed by atoms with Crippen molar-refractivity contribution in [2.45, 2.75) is 0 Å². The molecular formula is C13H14N2O4. The second-order valence-electron chi connectivity index (χ2n) is 3.67. The molecule has 6 heteroatoms. The minimum Gasteiger partial charge on any atom is -0.493 e. The molecule has 19 heavy (non-hydrogen) atoms. The van der Waals surface area contributed by atoms with Crippen molar-refractivity contribution in [3.05, 3.63) is 36.2 Å². The molecule has 6 nitrogen and oxygen atoms in total. The maximum Gasteiger partial charge on any atom is 0.278 e. The molecule has 0 aliphatic carbocycles. The first-order valence-corrected chi connectivity index (χ1v) is 5.55. The van der Waals surface area contributed by atoms with Crippen LogP contribution < -0.4 is 14.2 Å². The molecule has 100 valence electrons. The second-order valence-corrected chi connectivity index (χ2v) is 3.67. The molecule has 0 radical (unpaired) electrons. The zero-order valence-corrected chi connectivity index (χ0v) is 10.9. The monoisotopic (exact) mass is 262 g/mol. The third-order valence-electron chi connectivity index (χ3n) is 2.62. The predicted molar refractivity (Wildman–Crippen MR) is 68.1 cm³/mol. The number of carbonyl (C=O) groups is 1. The lowest BCUT2D eigenvalue weighted by Gasteiger charge is -2.13. The van der Waals surface area contributed by atoms with E-state index in [4.69, 9.17) is 14.2 Å². The van der Waals surface area contributed by atoms with E-state index in [1.54, 1.807) is 24.4 Å². The van der Waals surface area contributed by atoms with Crippen LogP contribution in [0.1, 0.15) is 10.4 Å². The quantitative estimate of drug-likeness (QED) is 0.837. The Bertz CT molecular complexity index is 553. The Labute approximate surface area is 110 Å². The molecule has 0 saturated heterocycles. The first-order valence-electron chi connectivity index (χ1n) is 5.55. The summed E-state index contributed by atoms with van der Waals surface area (Å²) in [5, 5.41) is 3.90. The molecular weight excluding hydrogens is 248 g/mol. The third-order valence-corrected chi connectivity index (χ3v) is 2.62. The number of hydrogen-bond donors (Lipinski definition) is 0. The van der Waals surface area contributed by atoms with E-state index in [1.165, 1.54) is 32.2 Å². The highest BCUT2D eigenvalue weighted by Gasteiger charge is 2.17. The van der Waals surface area contributed by atoms with Gasteiger partial charge in [0.2, 0.25) is 5.75 Å². The average molecular weight is 262 g/mol. The van der Waals surface area contributed by atoms with E-state index in [2.05, 4.69) is 5.10 Å². The molecule has 0 amide bonds. The number of benzene rings is 1. The lowest BCUT2D eigenvalue weighted by molar-refractivity contribution is 0.0944. The summed E-state index contributed by atoms with van der Waals surface area (Å²) in [6.45, 7) is 0. The van der Waals surface area contributed by atoms with Crippen molar-refractivity contribution in [2.24, 2.45) is 0 Å². The predicted octanol–water partition coefficient (Wildman–Crippen LogP) is 1.60. The number of hydrogen-bond acceptors (Lipinski definition) is 5. The molecule has 1 heterocycles. The van der Waals surface area contributed by atoms with Gasteiger partial charge in [-0.05, 0) is 18.2 Å². The number of carbonyl (C=O) groups excluding carboxylic acids is 1. The van der Waals surface area contributed by atoms with E-state index < -0.39 is 0 Å². The zero-order chi connectivity index (χ0) is 13.8. The minimum atomic E-state index is -0.274. The number of nitrogens with zero attached hydrogens (tertiary/aromatic N) is 2. The van der Waals surface area contributed by atoms with Crippen LogP contribution in [0.5, 0.6) is 17.2 Å². The Kier molecular flexibility index (Phi) is 3.70. The molecule has 0 aliphatic heterocycles. The molecule has 0 bridgehead atoms. The summed E-state index contributed by atoms with van der Waals surface area (Å²) in [6.07, 6.45) is 3.11. The molecule has 1 aromatic heterocycles. The molecule has 0 atom stereocenters. The highest BCUT2D eigenvalue weighted by atomic mass is 16.5. The van der Waals surface area contributed by atoms with E-state index in [9.17, 15) is 4.79 Å². The average Bonchev–Trinajstić information content (AvgIpc) is 2.98. The van der Waals surface area contributed by atoms with E-state index in [0.717, 1.165) is 0 Å². The molecule has 0 fully saturated rings. The number of methoxy groups -OCH3 is 3. The van der Waals surface area contributed by atoms with Gasteiger partial charge < -0.3 is 14.2 Å². The zero-order valence-electron chi connectivity index (χ0n) is 10.9. The fourth-order valence-corrected chi connectivity index (χ4v) is 1.73. The van der Waals surface area contributed by atoms with Crippen molar-refractivity contribution in [2.75, 3.05) is 21.3 Å². The van der Waals surface area contributed by atoms with Crippen molar-refractivity contribution < 1.29 is 19.0 Å². The van der Waals surface area contributed by atoms with Crippen LogP contribution in [0.25, 0.3) is 0 Å². The van der Waals surface area contributed by atoms with Crippen molar-refractivity contribution in [1.29, 1.82) is 0 Å². The fraction of sp³-hybridized carbons (Fsp3) is 0.231. The van der Waals surface area contributed by atoms with Crippen molar-refractivity contribution in [1.82, 2.24) is 9.78 Å². The summed E-state index contributed by atoms with van der Waals surface area (Å²) in [5.41, 5.74) is 0.401. The van der Waals surface area contributed by atoms with Crippen molar-refractivity contribution in [3.8, 4) is 17.2 Å². The summed E-state index contributed by atoms with van der Waals surface area (Å²) < 4.78 is 16.8. The van der Waals surface area contributed by atoms with Crippen LogP contribution in [0.4, 0.5) is 0 Å². The van der Waals surface area contributed by atoms with Crippen LogP contribution in [0.3, 0.4) is 0 Å². The van der Waals surface area contributed by atoms with Gasteiger partial charge in [0.1, 0.15) is 0 Å². The lowest BCUT2D eigenvalue weighted by atomic mass is 10.1. The molecule has 0 unspecified atom stereocenters. The van der Waals surface area contributed by atoms with Crippen LogP contribution in [-0.2, 0) is 0 Å². The van der Waals surface area contributed by atoms with E-state index in [1.807, 2.05) is 0 Å². The molecule has 0 aliphatic rings. The van der Waals surface area contributed by atoms with Gasteiger partial charge >= 0.3 is 0 Å². The van der Waals surface area contributed by atoms with E-state index in [-0.39, 0.29) is 5.91 Å². The van der Waals surface area contributed by atoms with Crippen molar-refractivity contribution >= 4 is 5.91 Å². The van der Waals surface area contributed by atoms with Crippen LogP contribution in [-0.4, -0.2) is 37.0 Å². The number of ether oxygens (including phenoxy) is 3. The highest BCUT2D eigenvalue weighted by Crippen LogP contribution is 2.38. The minimum absolute atomic E-state index is 0.274. The molecule has 2 aromatic rings. The summed E-state index contributed by atoms with van der Waals surface area (Å²) >= 11 is 0. The molecule has 2 rings (SSSR count). The van der Waals surface area contributed by atoms with Gasteiger partial charge in [0.15, 0.2) is 11.5 Å². The SMILES string of the molecule is COc1cc(C(=O)n2cccn2)cc(OC)c1OC. The second kappa shape index (κ2) is 5.43. The van der Waals surface area contributed by atoms with Gasteiger partial charge in [-0.2, -0.15) is 5.10 Å². The summed E-state index contributed by atoms with van der Waals surface area (Å²) in [4.78, 5) is 12.2. The van der Waals surface area contributed by atoms with Gasteiger partial charge in [0.05, 0.1) is 21.3 Å². The Morgan fingerprint density at radius 2 is 1.74 bits per heavy atom. The first-order chi connectivity index (χ1) is 9.21. The van der Waals surface area contributed by atoms with Crippen LogP contribution in [0.15, 0.2) is 30.6 Å². The van der Waals surface area contributed by atoms with Crippen molar-refractivity contribution in [3.63, 3.8) is 0 Å². The van der Waals surface area contributed by atoms with Gasteiger partial charge in [0.25, 0.3) is 5.91 Å².